The number of rotatable bonds is 7. The van der Waals surface area contributed by atoms with Crippen LogP contribution in [0.2, 0.25) is 0 Å². The highest BCUT2D eigenvalue weighted by molar-refractivity contribution is 7.98. The number of hydrogen-bond acceptors (Lipinski definition) is 4. The van der Waals surface area contributed by atoms with Crippen molar-refractivity contribution >= 4 is 17.7 Å². The van der Waals surface area contributed by atoms with E-state index in [0.29, 0.717) is 18.5 Å². The van der Waals surface area contributed by atoms with Crippen molar-refractivity contribution in [3.05, 3.63) is 65.9 Å². The lowest BCUT2D eigenvalue weighted by Gasteiger charge is -2.10. The SMILES string of the molecule is COC(=O)CCCc1cc(-c2ccc(SC)cc2)n(-c2ccc(C(F)(F)F)cc2)n1. The van der Waals surface area contributed by atoms with Crippen LogP contribution in [0.1, 0.15) is 24.1 Å². The molecule has 0 spiro atoms. The molecule has 4 nitrogen and oxygen atoms in total. The third-order valence-corrected chi connectivity index (χ3v) is 5.37. The summed E-state index contributed by atoms with van der Waals surface area (Å²) in [6.07, 6.45) is -0.999. The number of esters is 1. The van der Waals surface area contributed by atoms with Crippen molar-refractivity contribution in [1.29, 1.82) is 0 Å². The van der Waals surface area contributed by atoms with E-state index in [1.54, 1.807) is 16.4 Å². The zero-order chi connectivity index (χ0) is 21.7. The monoisotopic (exact) mass is 434 g/mol. The number of carbonyl (C=O) groups is 1. The van der Waals surface area contributed by atoms with Gasteiger partial charge in [-0.2, -0.15) is 18.3 Å². The van der Waals surface area contributed by atoms with Crippen LogP contribution in [0.4, 0.5) is 13.2 Å². The Morgan fingerprint density at radius 3 is 2.33 bits per heavy atom. The number of halogens is 3. The van der Waals surface area contributed by atoms with Crippen molar-refractivity contribution in [2.75, 3.05) is 13.4 Å². The topological polar surface area (TPSA) is 44.1 Å². The van der Waals surface area contributed by atoms with Crippen molar-refractivity contribution < 1.29 is 22.7 Å². The molecule has 158 valence electrons. The Bertz CT molecular complexity index is 997. The van der Waals surface area contributed by atoms with Crippen LogP contribution in [0.25, 0.3) is 16.9 Å². The second kappa shape index (κ2) is 9.38. The highest BCUT2D eigenvalue weighted by Gasteiger charge is 2.30. The van der Waals surface area contributed by atoms with E-state index in [9.17, 15) is 18.0 Å². The molecule has 0 N–H and O–H groups in total. The Kier molecular flexibility index (Phi) is 6.87. The summed E-state index contributed by atoms with van der Waals surface area (Å²) in [5.74, 6) is -0.287. The fourth-order valence-corrected chi connectivity index (χ4v) is 3.43. The number of aryl methyl sites for hydroxylation is 1. The van der Waals surface area contributed by atoms with Gasteiger partial charge in [0, 0.05) is 16.9 Å². The van der Waals surface area contributed by atoms with Crippen molar-refractivity contribution in [3.8, 4) is 16.9 Å². The predicted molar refractivity (Wildman–Crippen MR) is 111 cm³/mol. The smallest absolute Gasteiger partial charge is 0.416 e. The van der Waals surface area contributed by atoms with Crippen molar-refractivity contribution in [1.82, 2.24) is 9.78 Å². The Labute approximate surface area is 177 Å². The molecule has 0 aliphatic carbocycles. The summed E-state index contributed by atoms with van der Waals surface area (Å²) in [5.41, 5.74) is 2.26. The Balaban J connectivity index is 1.95. The Morgan fingerprint density at radius 1 is 1.10 bits per heavy atom. The molecule has 0 unspecified atom stereocenters. The van der Waals surface area contributed by atoms with E-state index < -0.39 is 11.7 Å². The van der Waals surface area contributed by atoms with Gasteiger partial charge in [-0.25, -0.2) is 4.68 Å². The summed E-state index contributed by atoms with van der Waals surface area (Å²) in [6, 6.07) is 14.7. The van der Waals surface area contributed by atoms with E-state index in [1.165, 1.54) is 19.2 Å². The van der Waals surface area contributed by atoms with E-state index in [2.05, 4.69) is 9.84 Å². The molecule has 1 aromatic heterocycles. The van der Waals surface area contributed by atoms with Crippen LogP contribution in [0.5, 0.6) is 0 Å². The summed E-state index contributed by atoms with van der Waals surface area (Å²) >= 11 is 1.63. The maximum absolute atomic E-state index is 12.9. The minimum absolute atomic E-state index is 0.279. The van der Waals surface area contributed by atoms with Gasteiger partial charge in [0.15, 0.2) is 0 Å². The van der Waals surface area contributed by atoms with Crippen molar-refractivity contribution in [2.24, 2.45) is 0 Å². The quantitative estimate of drug-likeness (QED) is 0.350. The molecule has 0 fully saturated rings. The zero-order valence-corrected chi connectivity index (χ0v) is 17.4. The number of alkyl halides is 3. The first-order chi connectivity index (χ1) is 14.3. The number of benzene rings is 2. The first kappa shape index (κ1) is 22.0. The molecule has 3 rings (SSSR count). The lowest BCUT2D eigenvalue weighted by molar-refractivity contribution is -0.140. The average Bonchev–Trinajstić information content (AvgIpc) is 3.17. The zero-order valence-electron chi connectivity index (χ0n) is 16.6. The molecule has 0 saturated carbocycles. The van der Waals surface area contributed by atoms with Gasteiger partial charge in [0.25, 0.3) is 0 Å². The van der Waals surface area contributed by atoms with Crippen LogP contribution in [0.15, 0.2) is 59.5 Å². The van der Waals surface area contributed by atoms with Crippen molar-refractivity contribution in [3.63, 3.8) is 0 Å². The van der Waals surface area contributed by atoms with Crippen LogP contribution in [-0.2, 0) is 22.1 Å². The highest BCUT2D eigenvalue weighted by Crippen LogP contribution is 2.31. The van der Waals surface area contributed by atoms with Gasteiger partial charge < -0.3 is 4.74 Å². The van der Waals surface area contributed by atoms with Gasteiger partial charge in [-0.3, -0.25) is 4.79 Å². The van der Waals surface area contributed by atoms with Crippen LogP contribution in [0.3, 0.4) is 0 Å². The Morgan fingerprint density at radius 2 is 1.77 bits per heavy atom. The lowest BCUT2D eigenvalue weighted by atomic mass is 10.1. The van der Waals surface area contributed by atoms with E-state index in [0.717, 1.165) is 34.0 Å². The molecule has 0 amide bonds. The summed E-state index contributed by atoms with van der Waals surface area (Å²) < 4.78 is 45.0. The third kappa shape index (κ3) is 5.24. The van der Waals surface area contributed by atoms with Gasteiger partial charge in [-0.05, 0) is 61.6 Å². The average molecular weight is 434 g/mol. The van der Waals surface area contributed by atoms with Gasteiger partial charge in [-0.1, -0.05) is 12.1 Å². The largest absolute Gasteiger partial charge is 0.469 e. The molecule has 2 aromatic carbocycles. The van der Waals surface area contributed by atoms with Crippen molar-refractivity contribution in [2.45, 2.75) is 30.3 Å². The summed E-state index contributed by atoms with van der Waals surface area (Å²) in [5, 5.41) is 4.59. The standard InChI is InChI=1S/C22H21F3N2O2S/c1-29-21(28)5-3-4-17-14-20(15-6-12-19(30-2)13-7-15)27(26-17)18-10-8-16(9-11-18)22(23,24)25/h6-14H,3-5H2,1-2H3. The molecule has 0 atom stereocenters. The summed E-state index contributed by atoms with van der Waals surface area (Å²) in [7, 11) is 1.35. The van der Waals surface area contributed by atoms with Gasteiger partial charge in [-0.15, -0.1) is 11.8 Å². The first-order valence-electron chi connectivity index (χ1n) is 9.29. The third-order valence-electron chi connectivity index (χ3n) is 4.63. The molecule has 0 bridgehead atoms. The van der Waals surface area contributed by atoms with Crippen LogP contribution < -0.4 is 0 Å². The number of carbonyl (C=O) groups excluding carboxylic acids is 1. The molecule has 30 heavy (non-hydrogen) atoms. The van der Waals surface area contributed by atoms with Gasteiger partial charge in [0.05, 0.1) is 29.7 Å². The second-order valence-electron chi connectivity index (χ2n) is 6.64. The number of nitrogens with zero attached hydrogens (tertiary/aromatic N) is 2. The molecular formula is C22H21F3N2O2S. The van der Waals surface area contributed by atoms with Crippen LogP contribution >= 0.6 is 11.8 Å². The fourth-order valence-electron chi connectivity index (χ4n) is 3.02. The minimum Gasteiger partial charge on any atom is -0.469 e. The van der Waals surface area contributed by atoms with Crippen LogP contribution in [-0.4, -0.2) is 29.1 Å². The first-order valence-corrected chi connectivity index (χ1v) is 10.5. The maximum Gasteiger partial charge on any atom is 0.416 e. The number of ether oxygens (including phenoxy) is 1. The molecule has 8 heteroatoms. The van der Waals surface area contributed by atoms with E-state index in [4.69, 9.17) is 0 Å². The van der Waals surface area contributed by atoms with Crippen LogP contribution in [0, 0.1) is 0 Å². The second-order valence-corrected chi connectivity index (χ2v) is 7.52. The van der Waals surface area contributed by atoms with E-state index >= 15 is 0 Å². The summed E-state index contributed by atoms with van der Waals surface area (Å²) in [4.78, 5) is 12.5. The van der Waals surface area contributed by atoms with Gasteiger partial charge >= 0.3 is 12.1 Å². The predicted octanol–water partition coefficient (Wildman–Crippen LogP) is 5.78. The van der Waals surface area contributed by atoms with Gasteiger partial charge in [0.2, 0.25) is 0 Å². The molecule has 0 aliphatic heterocycles. The number of aromatic nitrogens is 2. The molecule has 1 heterocycles. The Hall–Kier alpha value is -2.74. The molecule has 3 aromatic rings. The molecule has 0 saturated heterocycles. The summed E-state index contributed by atoms with van der Waals surface area (Å²) in [6.45, 7) is 0. The molecular weight excluding hydrogens is 413 g/mol. The van der Waals surface area contributed by atoms with E-state index in [1.807, 2.05) is 36.6 Å². The van der Waals surface area contributed by atoms with Gasteiger partial charge in [0.1, 0.15) is 0 Å². The molecule has 0 radical (unpaired) electrons. The minimum atomic E-state index is -4.39. The maximum atomic E-state index is 12.9. The lowest BCUT2D eigenvalue weighted by Crippen LogP contribution is -2.06. The number of thioether (sulfide) groups is 1. The number of hydrogen-bond donors (Lipinski definition) is 0. The molecule has 0 aliphatic rings. The van der Waals surface area contributed by atoms with E-state index in [-0.39, 0.29) is 12.4 Å². The highest BCUT2D eigenvalue weighted by atomic mass is 32.2. The normalized spacial score (nSPS) is 11.5. The number of methoxy groups -OCH3 is 1. The fraction of sp³-hybridized carbons (Fsp3) is 0.273.